The normalized spacial score (nSPS) is 9.88. The molecular weight excluding hydrogens is 233 g/mol. The Balaban J connectivity index is 0.00000128. The minimum absolute atomic E-state index is 0. The highest BCUT2D eigenvalue weighted by atomic mass is 35.5. The predicted octanol–water partition coefficient (Wildman–Crippen LogP) is 0.741. The topological polar surface area (TPSA) is 69.6 Å². The molecule has 0 spiro atoms. The van der Waals surface area contributed by atoms with Gasteiger partial charge in [0.2, 0.25) is 0 Å². The second-order valence-corrected chi connectivity index (χ2v) is 3.07. The second-order valence-electron chi connectivity index (χ2n) is 3.07. The molecule has 0 saturated carbocycles. The van der Waals surface area contributed by atoms with Crippen LogP contribution < -0.4 is 5.73 Å². The van der Waals surface area contributed by atoms with E-state index in [0.29, 0.717) is 18.9 Å². The fourth-order valence-corrected chi connectivity index (χ4v) is 1.16. The van der Waals surface area contributed by atoms with Crippen LogP contribution in [0.15, 0.2) is 24.8 Å². The molecular formula is C9H11ClFN5. The first-order valence-corrected chi connectivity index (χ1v) is 4.46. The molecule has 0 aliphatic rings. The van der Waals surface area contributed by atoms with Crippen LogP contribution in [0.3, 0.4) is 0 Å². The number of nitrogens with two attached hydrogens (primary N) is 1. The molecule has 0 atom stereocenters. The fraction of sp³-hybridized carbons (Fsp3) is 0.222. The molecule has 7 heteroatoms. The van der Waals surface area contributed by atoms with E-state index in [2.05, 4.69) is 15.1 Å². The summed E-state index contributed by atoms with van der Waals surface area (Å²) in [5.41, 5.74) is 6.38. The lowest BCUT2D eigenvalue weighted by Gasteiger charge is -1.99. The minimum Gasteiger partial charge on any atom is -0.326 e. The molecule has 86 valence electrons. The van der Waals surface area contributed by atoms with Crippen molar-refractivity contribution in [3.8, 4) is 0 Å². The van der Waals surface area contributed by atoms with Crippen molar-refractivity contribution in [3.05, 3.63) is 42.0 Å². The first kappa shape index (κ1) is 12.5. The van der Waals surface area contributed by atoms with Gasteiger partial charge in [-0.05, 0) is 0 Å². The number of rotatable bonds is 3. The molecule has 0 bridgehead atoms. The zero-order valence-electron chi connectivity index (χ0n) is 8.38. The van der Waals surface area contributed by atoms with Crippen LogP contribution in [0.1, 0.15) is 11.4 Å². The maximum Gasteiger partial charge on any atom is 0.159 e. The van der Waals surface area contributed by atoms with Gasteiger partial charge in [-0.3, -0.25) is 4.68 Å². The van der Waals surface area contributed by atoms with Crippen LogP contribution in [0.2, 0.25) is 0 Å². The molecule has 2 aromatic heterocycles. The van der Waals surface area contributed by atoms with Crippen LogP contribution in [0, 0.1) is 5.82 Å². The molecule has 0 saturated heterocycles. The van der Waals surface area contributed by atoms with Crippen LogP contribution in [-0.4, -0.2) is 19.7 Å². The molecule has 0 aliphatic carbocycles. The van der Waals surface area contributed by atoms with Crippen LogP contribution in [0.25, 0.3) is 0 Å². The van der Waals surface area contributed by atoms with E-state index in [4.69, 9.17) is 5.73 Å². The number of halogens is 2. The third-order valence-corrected chi connectivity index (χ3v) is 1.90. The van der Waals surface area contributed by atoms with E-state index in [0.717, 1.165) is 18.0 Å². The van der Waals surface area contributed by atoms with Gasteiger partial charge in [0.25, 0.3) is 0 Å². The lowest BCUT2D eigenvalue weighted by molar-refractivity contribution is 0.596. The largest absolute Gasteiger partial charge is 0.326 e. The van der Waals surface area contributed by atoms with Crippen LogP contribution in [0.4, 0.5) is 4.39 Å². The molecule has 0 aromatic carbocycles. The summed E-state index contributed by atoms with van der Waals surface area (Å²) in [6.07, 6.45) is 5.77. The number of hydrogen-bond donors (Lipinski definition) is 1. The summed E-state index contributed by atoms with van der Waals surface area (Å²) >= 11 is 0. The predicted molar refractivity (Wildman–Crippen MR) is 58.5 cm³/mol. The van der Waals surface area contributed by atoms with E-state index in [1.165, 1.54) is 0 Å². The van der Waals surface area contributed by atoms with E-state index < -0.39 is 5.82 Å². The van der Waals surface area contributed by atoms with Crippen LogP contribution >= 0.6 is 12.4 Å². The quantitative estimate of drug-likeness (QED) is 0.863. The van der Waals surface area contributed by atoms with Gasteiger partial charge < -0.3 is 5.73 Å². The van der Waals surface area contributed by atoms with Gasteiger partial charge in [-0.1, -0.05) is 0 Å². The first-order valence-electron chi connectivity index (χ1n) is 4.46. The van der Waals surface area contributed by atoms with E-state index in [1.54, 1.807) is 10.9 Å². The number of hydrogen-bond acceptors (Lipinski definition) is 4. The summed E-state index contributed by atoms with van der Waals surface area (Å²) in [6.45, 7) is 0.866. The van der Waals surface area contributed by atoms with Gasteiger partial charge in [0.05, 0.1) is 18.6 Å². The summed E-state index contributed by atoms with van der Waals surface area (Å²) in [7, 11) is 0. The molecule has 0 fully saturated rings. The second kappa shape index (κ2) is 5.53. The molecule has 0 amide bonds. The van der Waals surface area contributed by atoms with Crippen molar-refractivity contribution < 1.29 is 4.39 Å². The summed E-state index contributed by atoms with van der Waals surface area (Å²) in [5, 5.41) is 4.07. The van der Waals surface area contributed by atoms with Gasteiger partial charge in [-0.15, -0.1) is 12.4 Å². The maximum atomic E-state index is 12.5. The minimum atomic E-state index is -0.443. The van der Waals surface area contributed by atoms with Crippen molar-refractivity contribution in [1.82, 2.24) is 19.7 Å². The highest BCUT2D eigenvalue weighted by Crippen LogP contribution is 1.99. The van der Waals surface area contributed by atoms with Gasteiger partial charge >= 0.3 is 0 Å². The van der Waals surface area contributed by atoms with Crippen molar-refractivity contribution in [2.24, 2.45) is 5.73 Å². The molecule has 0 aliphatic heterocycles. The summed E-state index contributed by atoms with van der Waals surface area (Å²) in [4.78, 5) is 7.66. The van der Waals surface area contributed by atoms with Crippen molar-refractivity contribution in [3.63, 3.8) is 0 Å². The molecule has 2 rings (SSSR count). The van der Waals surface area contributed by atoms with E-state index >= 15 is 0 Å². The van der Waals surface area contributed by atoms with E-state index in [1.807, 2.05) is 6.20 Å². The first-order chi connectivity index (χ1) is 7.28. The monoisotopic (exact) mass is 243 g/mol. The average molecular weight is 244 g/mol. The van der Waals surface area contributed by atoms with Crippen molar-refractivity contribution in [1.29, 1.82) is 0 Å². The summed E-state index contributed by atoms with van der Waals surface area (Å²) < 4.78 is 14.2. The molecule has 2 aromatic rings. The van der Waals surface area contributed by atoms with Crippen LogP contribution in [0.5, 0.6) is 0 Å². The van der Waals surface area contributed by atoms with E-state index in [9.17, 15) is 4.39 Å². The highest BCUT2D eigenvalue weighted by Gasteiger charge is 2.00. The third kappa shape index (κ3) is 2.98. The molecule has 2 N–H and O–H groups in total. The Morgan fingerprint density at radius 2 is 1.94 bits per heavy atom. The van der Waals surface area contributed by atoms with E-state index in [-0.39, 0.29) is 12.4 Å². The molecule has 0 unspecified atom stereocenters. The van der Waals surface area contributed by atoms with Gasteiger partial charge in [0.1, 0.15) is 12.4 Å². The Kier molecular flexibility index (Phi) is 4.33. The van der Waals surface area contributed by atoms with Gasteiger partial charge in [-0.2, -0.15) is 5.10 Å². The van der Waals surface area contributed by atoms with Crippen molar-refractivity contribution in [2.75, 3.05) is 0 Å². The fourth-order valence-electron chi connectivity index (χ4n) is 1.16. The van der Waals surface area contributed by atoms with Crippen LogP contribution in [-0.2, 0) is 13.1 Å². The molecule has 0 radical (unpaired) electrons. The summed E-state index contributed by atoms with van der Waals surface area (Å²) in [5.74, 6) is 0.0740. The Morgan fingerprint density at radius 3 is 2.50 bits per heavy atom. The maximum absolute atomic E-state index is 12.5. The lowest BCUT2D eigenvalue weighted by atomic mass is 10.4. The molecule has 2 heterocycles. The number of aromatic nitrogens is 4. The lowest BCUT2D eigenvalue weighted by Crippen LogP contribution is -2.04. The van der Waals surface area contributed by atoms with Gasteiger partial charge in [0.15, 0.2) is 5.82 Å². The zero-order chi connectivity index (χ0) is 10.7. The Bertz CT molecular complexity index is 441. The third-order valence-electron chi connectivity index (χ3n) is 1.90. The Labute approximate surface area is 97.9 Å². The zero-order valence-corrected chi connectivity index (χ0v) is 9.19. The smallest absolute Gasteiger partial charge is 0.159 e. The van der Waals surface area contributed by atoms with Crippen molar-refractivity contribution >= 4 is 12.4 Å². The highest BCUT2D eigenvalue weighted by molar-refractivity contribution is 5.85. The molecule has 16 heavy (non-hydrogen) atoms. The van der Waals surface area contributed by atoms with Gasteiger partial charge in [0, 0.05) is 18.3 Å². The van der Waals surface area contributed by atoms with Gasteiger partial charge in [-0.25, -0.2) is 14.4 Å². The average Bonchev–Trinajstić information content (AvgIpc) is 2.69. The Morgan fingerprint density at radius 1 is 1.25 bits per heavy atom. The number of nitrogens with zero attached hydrogens (tertiary/aromatic N) is 4. The van der Waals surface area contributed by atoms with Crippen molar-refractivity contribution in [2.45, 2.75) is 13.1 Å². The standard InChI is InChI=1S/C9H10FN5.ClH/c10-8-3-12-9(13-4-8)6-15-5-7(1-11)2-14-15;/h2-5H,1,6,11H2;1H. The molecule has 5 nitrogen and oxygen atoms in total. The summed E-state index contributed by atoms with van der Waals surface area (Å²) in [6, 6.07) is 0. The SMILES string of the molecule is Cl.NCc1cnn(Cc2ncc(F)cn2)c1. The Hall–Kier alpha value is -1.53.